The maximum Gasteiger partial charge on any atom is 0.222 e. The van der Waals surface area contributed by atoms with Gasteiger partial charge in [-0.1, -0.05) is 12.1 Å². The molecule has 4 aliphatic carbocycles. The maximum atomic E-state index is 13.5. The number of likely N-dealkylation sites (tertiary alicyclic amines) is 2. The lowest BCUT2D eigenvalue weighted by Gasteiger charge is -2.59. The van der Waals surface area contributed by atoms with Crippen LogP contribution in [0.2, 0.25) is 0 Å². The molecule has 4 bridgehead atoms. The van der Waals surface area contributed by atoms with E-state index in [-0.39, 0.29) is 5.82 Å². The van der Waals surface area contributed by atoms with Crippen molar-refractivity contribution < 1.29 is 9.18 Å². The number of carbonyl (C=O) groups is 1. The Morgan fingerprint density at radius 2 is 1.73 bits per heavy atom. The second-order valence-electron chi connectivity index (χ2n) is 11.0. The molecule has 4 saturated carbocycles. The fourth-order valence-electron chi connectivity index (χ4n) is 8.38. The Labute approximate surface area is 180 Å². The van der Waals surface area contributed by atoms with Crippen LogP contribution in [0.3, 0.4) is 0 Å². The van der Waals surface area contributed by atoms with Crippen molar-refractivity contribution in [3.05, 3.63) is 35.6 Å². The molecular weight excluding hydrogens is 375 g/mol. The number of rotatable bonds is 4. The van der Waals surface area contributed by atoms with Gasteiger partial charge in [-0.05, 0) is 98.7 Å². The molecule has 1 amide bonds. The average molecular weight is 411 g/mol. The zero-order valence-electron chi connectivity index (χ0n) is 18.0. The highest BCUT2D eigenvalue weighted by molar-refractivity contribution is 5.77. The van der Waals surface area contributed by atoms with Gasteiger partial charge in [-0.3, -0.25) is 9.69 Å². The maximum absolute atomic E-state index is 13.5. The second kappa shape index (κ2) is 7.62. The molecule has 0 radical (unpaired) electrons. The summed E-state index contributed by atoms with van der Waals surface area (Å²) < 4.78 is 13.5. The molecule has 1 aromatic carbocycles. The highest BCUT2D eigenvalue weighted by Gasteiger charge is 2.51. The van der Waals surface area contributed by atoms with Crippen LogP contribution >= 0.6 is 0 Å². The summed E-state index contributed by atoms with van der Waals surface area (Å²) >= 11 is 0. The van der Waals surface area contributed by atoms with E-state index in [9.17, 15) is 9.18 Å². The molecule has 3 nitrogen and oxygen atoms in total. The summed E-state index contributed by atoms with van der Waals surface area (Å²) in [7, 11) is 0. The van der Waals surface area contributed by atoms with Crippen molar-refractivity contribution in [3.63, 3.8) is 0 Å². The summed E-state index contributed by atoms with van der Waals surface area (Å²) in [6, 6.07) is 8.08. The Morgan fingerprint density at radius 1 is 0.967 bits per heavy atom. The van der Waals surface area contributed by atoms with Crippen molar-refractivity contribution in [2.75, 3.05) is 19.6 Å². The van der Waals surface area contributed by atoms with Crippen LogP contribution in [-0.4, -0.2) is 47.4 Å². The molecular formula is C26H35FN2O. The fourth-order valence-corrected chi connectivity index (χ4v) is 8.38. The molecule has 30 heavy (non-hydrogen) atoms. The van der Waals surface area contributed by atoms with E-state index >= 15 is 0 Å². The summed E-state index contributed by atoms with van der Waals surface area (Å²) in [5.41, 5.74) is 0.996. The first-order chi connectivity index (χ1) is 14.6. The van der Waals surface area contributed by atoms with Gasteiger partial charge in [0.15, 0.2) is 0 Å². The second-order valence-corrected chi connectivity index (χ2v) is 11.0. The van der Waals surface area contributed by atoms with Gasteiger partial charge in [0.2, 0.25) is 5.91 Å². The fraction of sp³-hybridized carbons (Fsp3) is 0.731. The van der Waals surface area contributed by atoms with Crippen LogP contribution in [0, 0.1) is 35.4 Å². The normalized spacial score (nSPS) is 40.6. The minimum atomic E-state index is -0.181. The van der Waals surface area contributed by atoms with Crippen molar-refractivity contribution in [2.45, 2.75) is 69.9 Å². The molecule has 7 rings (SSSR count). The van der Waals surface area contributed by atoms with Gasteiger partial charge in [0.25, 0.3) is 0 Å². The first-order valence-corrected chi connectivity index (χ1v) is 12.4. The van der Waals surface area contributed by atoms with E-state index in [1.54, 1.807) is 12.1 Å². The predicted octanol–water partition coefficient (Wildman–Crippen LogP) is 4.51. The summed E-state index contributed by atoms with van der Waals surface area (Å²) in [6.07, 6.45) is 11.1. The number of hydrogen-bond donors (Lipinski definition) is 0. The molecule has 2 saturated heterocycles. The third kappa shape index (κ3) is 3.39. The van der Waals surface area contributed by atoms with E-state index in [0.717, 1.165) is 67.6 Å². The van der Waals surface area contributed by atoms with Gasteiger partial charge in [-0.2, -0.15) is 0 Å². The Morgan fingerprint density at radius 3 is 2.47 bits per heavy atom. The summed E-state index contributed by atoms with van der Waals surface area (Å²) in [5, 5.41) is 0. The Kier molecular flexibility index (Phi) is 4.89. The standard InChI is InChI=1S/C26H35FN2O/c27-23-3-1-2-17(15-23)6-9-29-24-7-8-28(16-20(24)4-5-25(29)30)26-21-11-18-10-19(13-21)14-22(26)12-18/h1-3,15,18-22,24,26H,4-14,16H2/t18?,19?,20-,21?,22?,24+,26?/m1/s1. The van der Waals surface area contributed by atoms with Gasteiger partial charge in [0.05, 0.1) is 0 Å². The third-order valence-electron chi connectivity index (χ3n) is 9.30. The quantitative estimate of drug-likeness (QED) is 0.729. The number of piperidine rings is 2. The Balaban J connectivity index is 1.12. The highest BCUT2D eigenvalue weighted by atomic mass is 19.1. The van der Waals surface area contributed by atoms with Crippen LogP contribution in [0.4, 0.5) is 4.39 Å². The van der Waals surface area contributed by atoms with Crippen LogP contribution in [0.15, 0.2) is 24.3 Å². The molecule has 4 heteroatoms. The van der Waals surface area contributed by atoms with Crippen molar-refractivity contribution >= 4 is 5.91 Å². The topological polar surface area (TPSA) is 23.6 Å². The molecule has 6 aliphatic rings. The van der Waals surface area contributed by atoms with Crippen LogP contribution in [0.25, 0.3) is 0 Å². The van der Waals surface area contributed by atoms with E-state index < -0.39 is 0 Å². The van der Waals surface area contributed by atoms with Gasteiger partial charge < -0.3 is 4.90 Å². The first kappa shape index (κ1) is 19.3. The number of amides is 1. The molecule has 162 valence electrons. The minimum Gasteiger partial charge on any atom is -0.339 e. The molecule has 2 aliphatic heterocycles. The zero-order chi connectivity index (χ0) is 20.2. The van der Waals surface area contributed by atoms with Crippen molar-refractivity contribution in [1.82, 2.24) is 9.80 Å². The number of benzene rings is 1. The lowest BCUT2D eigenvalue weighted by Crippen LogP contribution is -2.62. The lowest BCUT2D eigenvalue weighted by molar-refractivity contribution is -0.144. The molecule has 0 aromatic heterocycles. The Bertz CT molecular complexity index is 782. The van der Waals surface area contributed by atoms with Gasteiger partial charge in [-0.25, -0.2) is 4.39 Å². The molecule has 0 spiro atoms. The van der Waals surface area contributed by atoms with E-state index in [1.807, 2.05) is 6.07 Å². The van der Waals surface area contributed by atoms with Crippen molar-refractivity contribution in [1.29, 1.82) is 0 Å². The number of halogens is 1. The largest absolute Gasteiger partial charge is 0.339 e. The SMILES string of the molecule is O=C1CC[C@@H]2CN(C3C4CC5CC(C4)CC3C5)CC[C@@H]2N1CCc1cccc(F)c1. The van der Waals surface area contributed by atoms with Gasteiger partial charge >= 0.3 is 0 Å². The lowest BCUT2D eigenvalue weighted by atomic mass is 9.53. The Hall–Kier alpha value is -1.42. The van der Waals surface area contributed by atoms with Crippen LogP contribution in [0.5, 0.6) is 0 Å². The van der Waals surface area contributed by atoms with E-state index in [1.165, 1.54) is 44.7 Å². The number of carbonyl (C=O) groups excluding carboxylic acids is 1. The van der Waals surface area contributed by atoms with Crippen LogP contribution in [0.1, 0.15) is 56.9 Å². The predicted molar refractivity (Wildman–Crippen MR) is 115 cm³/mol. The van der Waals surface area contributed by atoms with Gasteiger partial charge in [0, 0.05) is 38.1 Å². The van der Waals surface area contributed by atoms with Crippen molar-refractivity contribution in [2.24, 2.45) is 29.6 Å². The smallest absolute Gasteiger partial charge is 0.222 e. The van der Waals surface area contributed by atoms with Crippen LogP contribution < -0.4 is 0 Å². The first-order valence-electron chi connectivity index (χ1n) is 12.4. The summed E-state index contributed by atoms with van der Waals surface area (Å²) in [4.78, 5) is 17.8. The highest BCUT2D eigenvalue weighted by Crippen LogP contribution is 2.55. The summed E-state index contributed by atoms with van der Waals surface area (Å²) in [6.45, 7) is 3.10. The molecule has 0 N–H and O–H groups in total. The van der Waals surface area contributed by atoms with Crippen molar-refractivity contribution in [3.8, 4) is 0 Å². The zero-order valence-corrected chi connectivity index (χ0v) is 18.0. The van der Waals surface area contributed by atoms with E-state index in [0.29, 0.717) is 24.3 Å². The summed E-state index contributed by atoms with van der Waals surface area (Å²) in [5.74, 6) is 4.73. The van der Waals surface area contributed by atoms with Crippen LogP contribution in [-0.2, 0) is 11.2 Å². The number of hydrogen-bond acceptors (Lipinski definition) is 2. The molecule has 6 fully saturated rings. The molecule has 1 aromatic rings. The van der Waals surface area contributed by atoms with E-state index in [2.05, 4.69) is 9.80 Å². The molecule has 2 atom stereocenters. The number of nitrogens with zero attached hydrogens (tertiary/aromatic N) is 2. The molecule has 2 heterocycles. The molecule has 0 unspecified atom stereocenters. The number of fused-ring (bicyclic) bond motifs is 1. The van der Waals surface area contributed by atoms with Gasteiger partial charge in [0.1, 0.15) is 5.82 Å². The third-order valence-corrected chi connectivity index (χ3v) is 9.30. The average Bonchev–Trinajstić information content (AvgIpc) is 2.72. The van der Waals surface area contributed by atoms with E-state index in [4.69, 9.17) is 0 Å². The monoisotopic (exact) mass is 410 g/mol. The minimum absolute atomic E-state index is 0.181. The van der Waals surface area contributed by atoms with Gasteiger partial charge in [-0.15, -0.1) is 0 Å².